The molecule has 1 amide bonds. The van der Waals surface area contributed by atoms with Crippen molar-refractivity contribution in [3.63, 3.8) is 0 Å². The predicted octanol–water partition coefficient (Wildman–Crippen LogP) is 3.85. The van der Waals surface area contributed by atoms with Gasteiger partial charge in [0.2, 0.25) is 5.91 Å². The van der Waals surface area contributed by atoms with Crippen molar-refractivity contribution in [3.8, 4) is 0 Å². The number of carbonyl (C=O) groups excluding carboxylic acids is 1. The van der Waals surface area contributed by atoms with Crippen molar-refractivity contribution >= 4 is 23.3 Å². The summed E-state index contributed by atoms with van der Waals surface area (Å²) in [6, 6.07) is 14.3. The molecule has 0 unspecified atom stereocenters. The SMILES string of the molecule is CCN(CCc1ccccc1)C(=O)/C=C/c1cccs1. The van der Waals surface area contributed by atoms with Crippen molar-refractivity contribution in [3.05, 3.63) is 64.4 Å². The first kappa shape index (κ1) is 14.5. The molecular formula is C17H19NOS. The van der Waals surface area contributed by atoms with E-state index in [9.17, 15) is 4.79 Å². The van der Waals surface area contributed by atoms with Crippen molar-refractivity contribution < 1.29 is 4.79 Å². The fraction of sp³-hybridized carbons (Fsp3) is 0.235. The number of benzene rings is 1. The first-order valence-corrected chi connectivity index (χ1v) is 7.72. The third-order valence-corrected chi connectivity index (χ3v) is 3.98. The molecule has 1 heterocycles. The summed E-state index contributed by atoms with van der Waals surface area (Å²) in [5.41, 5.74) is 1.26. The van der Waals surface area contributed by atoms with Crippen LogP contribution in [-0.4, -0.2) is 23.9 Å². The number of hydrogen-bond acceptors (Lipinski definition) is 2. The highest BCUT2D eigenvalue weighted by Gasteiger charge is 2.08. The zero-order chi connectivity index (χ0) is 14.2. The Morgan fingerprint density at radius 2 is 2.00 bits per heavy atom. The second kappa shape index (κ2) is 7.65. The average Bonchev–Trinajstić information content (AvgIpc) is 3.00. The zero-order valence-electron chi connectivity index (χ0n) is 11.7. The van der Waals surface area contributed by atoms with Crippen molar-refractivity contribution in [2.75, 3.05) is 13.1 Å². The van der Waals surface area contributed by atoms with E-state index < -0.39 is 0 Å². The van der Waals surface area contributed by atoms with Crippen LogP contribution in [0.1, 0.15) is 17.4 Å². The largest absolute Gasteiger partial charge is 0.339 e. The molecule has 0 aliphatic carbocycles. The van der Waals surface area contributed by atoms with Crippen LogP contribution in [0.4, 0.5) is 0 Å². The van der Waals surface area contributed by atoms with E-state index in [0.717, 1.165) is 24.4 Å². The van der Waals surface area contributed by atoms with Crippen LogP contribution in [0.15, 0.2) is 53.9 Å². The second-order valence-electron chi connectivity index (χ2n) is 4.50. The van der Waals surface area contributed by atoms with Crippen molar-refractivity contribution in [1.29, 1.82) is 0 Å². The van der Waals surface area contributed by atoms with E-state index in [1.165, 1.54) is 5.56 Å². The Morgan fingerprint density at radius 3 is 2.65 bits per heavy atom. The molecule has 0 fully saturated rings. The van der Waals surface area contributed by atoms with Gasteiger partial charge in [0.25, 0.3) is 0 Å². The maximum atomic E-state index is 12.1. The van der Waals surface area contributed by atoms with Crippen LogP contribution >= 0.6 is 11.3 Å². The van der Waals surface area contributed by atoms with Crippen LogP contribution in [0.3, 0.4) is 0 Å². The number of hydrogen-bond donors (Lipinski definition) is 0. The van der Waals surface area contributed by atoms with E-state index in [1.54, 1.807) is 17.4 Å². The van der Waals surface area contributed by atoms with E-state index in [0.29, 0.717) is 0 Å². The molecule has 0 aliphatic heterocycles. The Hall–Kier alpha value is -1.87. The van der Waals surface area contributed by atoms with Gasteiger partial charge in [-0.3, -0.25) is 4.79 Å². The second-order valence-corrected chi connectivity index (χ2v) is 5.48. The van der Waals surface area contributed by atoms with Gasteiger partial charge in [-0.05, 0) is 36.4 Å². The molecule has 0 radical (unpaired) electrons. The van der Waals surface area contributed by atoms with Gasteiger partial charge in [-0.15, -0.1) is 11.3 Å². The molecule has 104 valence electrons. The predicted molar refractivity (Wildman–Crippen MR) is 85.8 cm³/mol. The minimum atomic E-state index is 0.0804. The molecule has 2 nitrogen and oxygen atoms in total. The summed E-state index contributed by atoms with van der Waals surface area (Å²) in [5.74, 6) is 0.0804. The summed E-state index contributed by atoms with van der Waals surface area (Å²) in [5, 5.41) is 2.01. The molecule has 3 heteroatoms. The number of thiophene rings is 1. The zero-order valence-corrected chi connectivity index (χ0v) is 12.5. The van der Waals surface area contributed by atoms with E-state index in [1.807, 2.05) is 53.6 Å². The van der Waals surface area contributed by atoms with Crippen LogP contribution in [0.2, 0.25) is 0 Å². The molecule has 2 rings (SSSR count). The normalized spacial score (nSPS) is 10.8. The Balaban J connectivity index is 1.89. The lowest BCUT2D eigenvalue weighted by Crippen LogP contribution is -2.31. The minimum absolute atomic E-state index is 0.0804. The van der Waals surface area contributed by atoms with Crippen LogP contribution in [0.25, 0.3) is 6.08 Å². The fourth-order valence-corrected chi connectivity index (χ4v) is 2.60. The average molecular weight is 285 g/mol. The molecule has 0 aliphatic rings. The maximum absolute atomic E-state index is 12.1. The summed E-state index contributed by atoms with van der Waals surface area (Å²) in [7, 11) is 0. The lowest BCUT2D eigenvalue weighted by Gasteiger charge is -2.19. The van der Waals surface area contributed by atoms with Crippen LogP contribution in [0.5, 0.6) is 0 Å². The fourth-order valence-electron chi connectivity index (χ4n) is 1.98. The van der Waals surface area contributed by atoms with Gasteiger partial charge in [0.1, 0.15) is 0 Å². The molecule has 1 aromatic heterocycles. The molecule has 20 heavy (non-hydrogen) atoms. The van der Waals surface area contributed by atoms with Gasteiger partial charge in [0.15, 0.2) is 0 Å². The molecule has 2 aromatic rings. The van der Waals surface area contributed by atoms with Crippen LogP contribution in [-0.2, 0) is 11.2 Å². The topological polar surface area (TPSA) is 20.3 Å². The monoisotopic (exact) mass is 285 g/mol. The molecule has 0 saturated heterocycles. The van der Waals surface area contributed by atoms with E-state index >= 15 is 0 Å². The van der Waals surface area contributed by atoms with E-state index in [2.05, 4.69) is 12.1 Å². The number of rotatable bonds is 6. The number of amides is 1. The summed E-state index contributed by atoms with van der Waals surface area (Å²) in [4.78, 5) is 15.1. The number of likely N-dealkylation sites (N-methyl/N-ethyl adjacent to an activating group) is 1. The minimum Gasteiger partial charge on any atom is -0.339 e. The lowest BCUT2D eigenvalue weighted by molar-refractivity contribution is -0.125. The molecule has 0 N–H and O–H groups in total. The Bertz CT molecular complexity index is 546. The van der Waals surface area contributed by atoms with Crippen LogP contribution < -0.4 is 0 Å². The summed E-state index contributed by atoms with van der Waals surface area (Å²) in [6.07, 6.45) is 4.45. The van der Waals surface area contributed by atoms with Crippen molar-refractivity contribution in [2.45, 2.75) is 13.3 Å². The van der Waals surface area contributed by atoms with Crippen LogP contribution in [0, 0.1) is 0 Å². The van der Waals surface area contributed by atoms with E-state index in [-0.39, 0.29) is 5.91 Å². The number of nitrogens with zero attached hydrogens (tertiary/aromatic N) is 1. The first-order chi connectivity index (χ1) is 9.79. The smallest absolute Gasteiger partial charge is 0.246 e. The van der Waals surface area contributed by atoms with Gasteiger partial charge < -0.3 is 4.90 Å². The molecular weight excluding hydrogens is 266 g/mol. The third kappa shape index (κ3) is 4.35. The highest BCUT2D eigenvalue weighted by atomic mass is 32.1. The highest BCUT2D eigenvalue weighted by Crippen LogP contribution is 2.10. The van der Waals surface area contributed by atoms with Gasteiger partial charge >= 0.3 is 0 Å². The highest BCUT2D eigenvalue weighted by molar-refractivity contribution is 7.10. The van der Waals surface area contributed by atoms with Gasteiger partial charge in [0.05, 0.1) is 0 Å². The maximum Gasteiger partial charge on any atom is 0.246 e. The van der Waals surface area contributed by atoms with Crippen molar-refractivity contribution in [2.24, 2.45) is 0 Å². The lowest BCUT2D eigenvalue weighted by atomic mass is 10.1. The third-order valence-electron chi connectivity index (χ3n) is 3.14. The van der Waals surface area contributed by atoms with Gasteiger partial charge in [-0.2, -0.15) is 0 Å². The molecule has 0 atom stereocenters. The van der Waals surface area contributed by atoms with E-state index in [4.69, 9.17) is 0 Å². The first-order valence-electron chi connectivity index (χ1n) is 6.84. The van der Waals surface area contributed by atoms with Gasteiger partial charge in [-0.1, -0.05) is 36.4 Å². The summed E-state index contributed by atoms with van der Waals surface area (Å²) < 4.78 is 0. The molecule has 0 bridgehead atoms. The number of carbonyl (C=O) groups is 1. The molecule has 0 saturated carbocycles. The van der Waals surface area contributed by atoms with Gasteiger partial charge in [-0.25, -0.2) is 0 Å². The van der Waals surface area contributed by atoms with Crippen molar-refractivity contribution in [1.82, 2.24) is 4.90 Å². The summed E-state index contributed by atoms with van der Waals surface area (Å²) in [6.45, 7) is 3.51. The molecule has 1 aromatic carbocycles. The summed E-state index contributed by atoms with van der Waals surface area (Å²) >= 11 is 1.64. The Kier molecular flexibility index (Phi) is 5.56. The Labute approximate surface area is 124 Å². The molecule has 0 spiro atoms. The standard InChI is InChI=1S/C17H19NOS/c1-2-18(13-12-15-7-4-3-5-8-15)17(19)11-10-16-9-6-14-20-16/h3-11,14H,2,12-13H2,1H3/b11-10+. The quantitative estimate of drug-likeness (QED) is 0.738. The Morgan fingerprint density at radius 1 is 1.20 bits per heavy atom. The van der Waals surface area contributed by atoms with Gasteiger partial charge in [0, 0.05) is 24.0 Å².